The minimum Gasteiger partial charge on any atom is -0.480 e. The van der Waals surface area contributed by atoms with Gasteiger partial charge in [0.15, 0.2) is 0 Å². The predicted octanol–water partition coefficient (Wildman–Crippen LogP) is 1.13. The van der Waals surface area contributed by atoms with Crippen molar-refractivity contribution in [2.75, 3.05) is 11.9 Å². The lowest BCUT2D eigenvalue weighted by Gasteiger charge is -2.10. The summed E-state index contributed by atoms with van der Waals surface area (Å²) in [5, 5.41) is 16.4. The molecule has 0 bridgehead atoms. The van der Waals surface area contributed by atoms with Crippen molar-refractivity contribution in [3.05, 3.63) is 29.8 Å². The smallest absolute Gasteiger partial charge is 0.325 e. The largest absolute Gasteiger partial charge is 0.480 e. The average Bonchev–Trinajstić information content (AvgIpc) is 2.58. The summed E-state index contributed by atoms with van der Waals surface area (Å²) in [6.07, 6.45) is 1.01. The fraction of sp³-hybridized carbons (Fsp3) is 0.412. The number of carbonyl (C=O) groups excluding carboxylic acids is 3. The Balaban J connectivity index is 2.48. The maximum Gasteiger partial charge on any atom is 0.325 e. The first-order valence-electron chi connectivity index (χ1n) is 8.03. The molecular formula is C17H23N3O5. The van der Waals surface area contributed by atoms with Gasteiger partial charge in [-0.2, -0.15) is 0 Å². The van der Waals surface area contributed by atoms with Gasteiger partial charge in [0.25, 0.3) is 5.91 Å². The lowest BCUT2D eigenvalue weighted by Crippen LogP contribution is -2.38. The normalized spacial score (nSPS) is 11.3. The van der Waals surface area contributed by atoms with Gasteiger partial charge in [-0.15, -0.1) is 0 Å². The van der Waals surface area contributed by atoms with Crippen LogP contribution in [-0.4, -0.2) is 41.4 Å². The third-order valence-electron chi connectivity index (χ3n) is 3.30. The van der Waals surface area contributed by atoms with E-state index in [1.165, 1.54) is 31.2 Å². The maximum absolute atomic E-state index is 11.9. The highest BCUT2D eigenvalue weighted by molar-refractivity contribution is 5.97. The second-order valence-electron chi connectivity index (χ2n) is 5.51. The van der Waals surface area contributed by atoms with Gasteiger partial charge in [-0.1, -0.05) is 6.92 Å². The number of amides is 3. The van der Waals surface area contributed by atoms with E-state index < -0.39 is 17.9 Å². The number of carbonyl (C=O) groups is 4. The van der Waals surface area contributed by atoms with Gasteiger partial charge in [-0.25, -0.2) is 0 Å². The molecule has 1 unspecified atom stereocenters. The highest BCUT2D eigenvalue weighted by Crippen LogP contribution is 2.10. The van der Waals surface area contributed by atoms with Crippen molar-refractivity contribution in [1.29, 1.82) is 0 Å². The van der Waals surface area contributed by atoms with Gasteiger partial charge in [0.05, 0.1) is 0 Å². The minimum absolute atomic E-state index is 0.0634. The van der Waals surface area contributed by atoms with Crippen LogP contribution in [0.1, 0.15) is 43.5 Å². The van der Waals surface area contributed by atoms with Crippen molar-refractivity contribution in [3.63, 3.8) is 0 Å². The summed E-state index contributed by atoms with van der Waals surface area (Å²) >= 11 is 0. The zero-order valence-corrected chi connectivity index (χ0v) is 14.3. The molecule has 0 aliphatic rings. The molecule has 0 spiro atoms. The summed E-state index contributed by atoms with van der Waals surface area (Å²) in [5.74, 6) is -2.11. The van der Waals surface area contributed by atoms with Crippen LogP contribution in [0.25, 0.3) is 0 Å². The zero-order valence-electron chi connectivity index (χ0n) is 14.3. The topological polar surface area (TPSA) is 125 Å². The van der Waals surface area contributed by atoms with Crippen LogP contribution in [0.5, 0.6) is 0 Å². The van der Waals surface area contributed by atoms with E-state index in [2.05, 4.69) is 16.0 Å². The summed E-state index contributed by atoms with van der Waals surface area (Å²) in [7, 11) is 0. The third-order valence-corrected chi connectivity index (χ3v) is 3.30. The number of hydrogen-bond acceptors (Lipinski definition) is 4. The summed E-state index contributed by atoms with van der Waals surface area (Å²) in [6, 6.07) is 5.04. The zero-order chi connectivity index (χ0) is 18.8. The standard InChI is InChI=1S/C17H23N3O5/c1-3-10-18-14(21)8-9-15(22)20-13-6-4-12(5-7-13)16(23)19-11(2)17(24)25/h4-7,11H,3,8-10H2,1-2H3,(H,18,21)(H,19,23)(H,20,22)(H,24,25). The highest BCUT2D eigenvalue weighted by atomic mass is 16.4. The first kappa shape index (κ1) is 20.1. The van der Waals surface area contributed by atoms with Crippen LogP contribution in [0.3, 0.4) is 0 Å². The van der Waals surface area contributed by atoms with E-state index in [4.69, 9.17) is 5.11 Å². The second kappa shape index (κ2) is 10.1. The van der Waals surface area contributed by atoms with E-state index in [1.54, 1.807) is 0 Å². The molecule has 3 amide bonds. The molecule has 1 aromatic rings. The van der Waals surface area contributed by atoms with Crippen molar-refractivity contribution in [1.82, 2.24) is 10.6 Å². The molecule has 0 aliphatic carbocycles. The Hall–Kier alpha value is -2.90. The lowest BCUT2D eigenvalue weighted by atomic mass is 10.1. The Kier molecular flexibility index (Phi) is 8.11. The van der Waals surface area contributed by atoms with Crippen LogP contribution in [-0.2, 0) is 14.4 Å². The number of hydrogen-bond donors (Lipinski definition) is 4. The molecule has 25 heavy (non-hydrogen) atoms. The summed E-state index contributed by atoms with van der Waals surface area (Å²) in [4.78, 5) is 45.8. The van der Waals surface area contributed by atoms with Gasteiger partial charge >= 0.3 is 5.97 Å². The van der Waals surface area contributed by atoms with Gasteiger partial charge in [0.2, 0.25) is 11.8 Å². The molecule has 0 saturated heterocycles. The highest BCUT2D eigenvalue weighted by Gasteiger charge is 2.15. The fourth-order valence-electron chi connectivity index (χ4n) is 1.85. The number of aliphatic carboxylic acids is 1. The number of carboxylic acids is 1. The average molecular weight is 349 g/mol. The quantitative estimate of drug-likeness (QED) is 0.532. The van der Waals surface area contributed by atoms with Crippen molar-refractivity contribution in [3.8, 4) is 0 Å². The van der Waals surface area contributed by atoms with Gasteiger partial charge in [0.1, 0.15) is 6.04 Å². The molecule has 136 valence electrons. The Labute approximate surface area is 146 Å². The van der Waals surface area contributed by atoms with Crippen LogP contribution >= 0.6 is 0 Å². The first-order chi connectivity index (χ1) is 11.8. The molecule has 1 rings (SSSR count). The van der Waals surface area contributed by atoms with Crippen LogP contribution in [0.2, 0.25) is 0 Å². The van der Waals surface area contributed by atoms with E-state index >= 15 is 0 Å². The molecule has 0 aliphatic heterocycles. The predicted molar refractivity (Wildman–Crippen MR) is 92.2 cm³/mol. The van der Waals surface area contributed by atoms with Gasteiger partial charge in [-0.3, -0.25) is 19.2 Å². The fourth-order valence-corrected chi connectivity index (χ4v) is 1.85. The van der Waals surface area contributed by atoms with Crippen molar-refractivity contribution in [2.45, 2.75) is 39.2 Å². The molecule has 0 radical (unpaired) electrons. The van der Waals surface area contributed by atoms with Crippen LogP contribution < -0.4 is 16.0 Å². The van der Waals surface area contributed by atoms with Crippen molar-refractivity contribution >= 4 is 29.4 Å². The number of carboxylic acid groups (broad SMARTS) is 1. The van der Waals surface area contributed by atoms with Gasteiger partial charge in [-0.05, 0) is 37.6 Å². The molecule has 1 aromatic carbocycles. The molecule has 8 nitrogen and oxygen atoms in total. The molecular weight excluding hydrogens is 326 g/mol. The molecule has 0 aromatic heterocycles. The molecule has 0 fully saturated rings. The maximum atomic E-state index is 11.9. The number of rotatable bonds is 9. The minimum atomic E-state index is -1.12. The Morgan fingerprint density at radius 3 is 2.20 bits per heavy atom. The van der Waals surface area contributed by atoms with Crippen molar-refractivity contribution in [2.24, 2.45) is 0 Å². The van der Waals surface area contributed by atoms with Crippen LogP contribution in [0.4, 0.5) is 5.69 Å². The lowest BCUT2D eigenvalue weighted by molar-refractivity contribution is -0.138. The Morgan fingerprint density at radius 1 is 1.04 bits per heavy atom. The summed E-state index contributed by atoms with van der Waals surface area (Å²) in [6.45, 7) is 3.90. The Bertz CT molecular complexity index is 628. The molecule has 4 N–H and O–H groups in total. The van der Waals surface area contributed by atoms with Crippen molar-refractivity contribution < 1.29 is 24.3 Å². The van der Waals surface area contributed by atoms with E-state index in [0.29, 0.717) is 12.2 Å². The van der Waals surface area contributed by atoms with Gasteiger partial charge < -0.3 is 21.1 Å². The van der Waals surface area contributed by atoms with Crippen LogP contribution in [0.15, 0.2) is 24.3 Å². The number of nitrogens with one attached hydrogen (secondary N) is 3. The van der Waals surface area contributed by atoms with E-state index in [0.717, 1.165) is 6.42 Å². The Morgan fingerprint density at radius 2 is 1.64 bits per heavy atom. The van der Waals surface area contributed by atoms with E-state index in [9.17, 15) is 19.2 Å². The second-order valence-corrected chi connectivity index (χ2v) is 5.51. The molecule has 0 saturated carbocycles. The number of benzene rings is 1. The molecule has 1 atom stereocenters. The van der Waals surface area contributed by atoms with Gasteiger partial charge in [0, 0.05) is 30.6 Å². The van der Waals surface area contributed by atoms with Crippen LogP contribution in [0, 0.1) is 0 Å². The summed E-state index contributed by atoms with van der Waals surface area (Å²) < 4.78 is 0. The third kappa shape index (κ3) is 7.47. The van der Waals surface area contributed by atoms with E-state index in [1.807, 2.05) is 6.92 Å². The number of anilines is 1. The monoisotopic (exact) mass is 349 g/mol. The molecule has 0 heterocycles. The summed E-state index contributed by atoms with van der Waals surface area (Å²) in [5.41, 5.74) is 0.770. The SMILES string of the molecule is CCCNC(=O)CCC(=O)Nc1ccc(C(=O)NC(C)C(=O)O)cc1. The first-order valence-corrected chi connectivity index (χ1v) is 8.03. The van der Waals surface area contributed by atoms with E-state index in [-0.39, 0.29) is 30.2 Å². The molecule has 8 heteroatoms.